The summed E-state index contributed by atoms with van der Waals surface area (Å²) in [5, 5.41) is 72.3. The van der Waals surface area contributed by atoms with Crippen molar-refractivity contribution >= 4 is 5.97 Å². The topological polar surface area (TPSA) is 214 Å². The maximum Gasteiger partial charge on any atom is 0.306 e. The molecule has 0 amide bonds. The van der Waals surface area contributed by atoms with Gasteiger partial charge in [-0.05, 0) is 83.5 Å². The highest BCUT2D eigenvalue weighted by Gasteiger charge is 2.47. The Morgan fingerprint density at radius 2 is 0.849 bits per heavy atom. The minimum atomic E-state index is -1.71. The first-order chi connectivity index (χ1) is 35.6. The van der Waals surface area contributed by atoms with Crippen LogP contribution in [0.4, 0.5) is 0 Å². The molecule has 0 bridgehead atoms. The molecule has 2 aliphatic heterocycles. The minimum Gasteiger partial charge on any atom is -0.457 e. The summed E-state index contributed by atoms with van der Waals surface area (Å²) in [6.45, 7) is 3.62. The van der Waals surface area contributed by atoms with Gasteiger partial charge in [-0.1, -0.05) is 177 Å². The van der Waals surface area contributed by atoms with Crippen molar-refractivity contribution in [3.8, 4) is 0 Å². The van der Waals surface area contributed by atoms with Gasteiger partial charge >= 0.3 is 5.97 Å². The van der Waals surface area contributed by atoms with Crippen LogP contribution in [0, 0.1) is 0 Å². The van der Waals surface area contributed by atoms with E-state index in [1.165, 1.54) is 96.3 Å². The van der Waals surface area contributed by atoms with Crippen LogP contribution < -0.4 is 0 Å². The molecule has 14 nitrogen and oxygen atoms in total. The van der Waals surface area contributed by atoms with Crippen molar-refractivity contribution in [2.75, 3.05) is 33.0 Å². The van der Waals surface area contributed by atoms with Gasteiger partial charge in [0.25, 0.3) is 0 Å². The first-order valence-electron chi connectivity index (χ1n) is 28.9. The molecule has 7 N–H and O–H groups in total. The first-order valence-corrected chi connectivity index (χ1v) is 28.9. The summed E-state index contributed by atoms with van der Waals surface area (Å²) >= 11 is 0. The van der Waals surface area contributed by atoms with Gasteiger partial charge in [-0.15, -0.1) is 0 Å². The highest BCUT2D eigenvalue weighted by molar-refractivity contribution is 5.69. The van der Waals surface area contributed by atoms with Gasteiger partial charge in [-0.2, -0.15) is 0 Å². The maximum atomic E-state index is 13.0. The van der Waals surface area contributed by atoms with Gasteiger partial charge in [0.1, 0.15) is 54.9 Å². The molecule has 0 aliphatic carbocycles. The van der Waals surface area contributed by atoms with E-state index in [0.717, 1.165) is 83.5 Å². The summed E-state index contributed by atoms with van der Waals surface area (Å²) in [7, 11) is 0. The average molecular weight is 1040 g/mol. The van der Waals surface area contributed by atoms with Crippen LogP contribution in [0.25, 0.3) is 0 Å². The second-order valence-corrected chi connectivity index (χ2v) is 20.1. The molecule has 11 unspecified atom stereocenters. The molecule has 0 aromatic rings. The van der Waals surface area contributed by atoms with Crippen molar-refractivity contribution in [2.24, 2.45) is 0 Å². The number of unbranched alkanes of at least 4 members (excludes halogenated alkanes) is 22. The summed E-state index contributed by atoms with van der Waals surface area (Å²) in [4.78, 5) is 13.0. The van der Waals surface area contributed by atoms with Gasteiger partial charge in [0.2, 0.25) is 0 Å². The molecule has 0 spiro atoms. The predicted molar refractivity (Wildman–Crippen MR) is 289 cm³/mol. The van der Waals surface area contributed by atoms with Crippen LogP contribution in [0.15, 0.2) is 60.8 Å². The Balaban J connectivity index is 1.71. The van der Waals surface area contributed by atoms with E-state index >= 15 is 0 Å². The van der Waals surface area contributed by atoms with Crippen LogP contribution in [0.3, 0.4) is 0 Å². The largest absolute Gasteiger partial charge is 0.457 e. The van der Waals surface area contributed by atoms with Gasteiger partial charge in [0.15, 0.2) is 12.6 Å². The zero-order valence-corrected chi connectivity index (χ0v) is 45.4. The molecule has 0 aromatic heterocycles. The molecule has 11 atom stereocenters. The molecule has 73 heavy (non-hydrogen) atoms. The number of hydrogen-bond acceptors (Lipinski definition) is 14. The highest BCUT2D eigenvalue weighted by atomic mass is 16.7. The third-order valence-corrected chi connectivity index (χ3v) is 13.5. The lowest BCUT2D eigenvalue weighted by atomic mass is 9.98. The second-order valence-electron chi connectivity index (χ2n) is 20.1. The fraction of sp³-hybridized carbons (Fsp3) is 0.814. The van der Waals surface area contributed by atoms with E-state index in [1.807, 2.05) is 0 Å². The Labute approximate surface area is 441 Å². The number of carbonyl (C=O) groups excluding carboxylic acids is 1. The minimum absolute atomic E-state index is 0.0500. The van der Waals surface area contributed by atoms with Gasteiger partial charge in [-0.25, -0.2) is 0 Å². The lowest BCUT2D eigenvalue weighted by Crippen LogP contribution is -2.61. The van der Waals surface area contributed by atoms with Crippen molar-refractivity contribution < 1.29 is 69.0 Å². The summed E-state index contributed by atoms with van der Waals surface area (Å²) in [6.07, 6.45) is 39.9. The molecule has 2 fully saturated rings. The van der Waals surface area contributed by atoms with Crippen molar-refractivity contribution in [2.45, 2.75) is 274 Å². The molecule has 2 saturated heterocycles. The van der Waals surface area contributed by atoms with E-state index in [2.05, 4.69) is 74.6 Å². The van der Waals surface area contributed by atoms with Crippen molar-refractivity contribution in [3.05, 3.63) is 60.8 Å². The predicted octanol–water partition coefficient (Wildman–Crippen LogP) is 10.1. The number of carbonyl (C=O) groups is 1. The van der Waals surface area contributed by atoms with Gasteiger partial charge in [0.05, 0.1) is 26.4 Å². The number of aliphatic hydroxyl groups excluding tert-OH is 7. The Hall–Kier alpha value is -2.31. The van der Waals surface area contributed by atoms with Crippen LogP contribution in [0.2, 0.25) is 0 Å². The van der Waals surface area contributed by atoms with E-state index < -0.39 is 86.7 Å². The average Bonchev–Trinajstić information content (AvgIpc) is 3.39. The monoisotopic (exact) mass is 1040 g/mol. The number of rotatable bonds is 46. The van der Waals surface area contributed by atoms with E-state index in [4.69, 9.17) is 28.4 Å². The standard InChI is InChI=1S/C59H104O14/c1-3-5-7-9-11-13-15-17-19-20-21-22-23-24-25-26-27-29-31-33-35-37-39-41-43-68-45-48(71-51(61)42-40-38-36-34-32-30-28-18-16-14-12-10-8-6-4-2)46-69-58-57(67)55(65)53(63)50(73-58)47-70-59-56(66)54(64)52(62)49(44-60)72-59/h12,14-15,17-18,20-21,23-24,28,48-50,52-60,62-67H,3-11,13,16,19,22,25-27,29-47H2,1-2H3/b14-12-,17-15-,21-20-,24-23-,28-18-. The SMILES string of the molecule is CCCCC/C=C\C/C=C\CCCCCCCC(=O)OC(COCCCCCCCCCCC/C=C\C/C=C\C/C=C\CCCCCCC)COC1OC(COC2OC(CO)C(O)C(O)C2O)C(O)C(O)C1O. The highest BCUT2D eigenvalue weighted by Crippen LogP contribution is 2.26. The van der Waals surface area contributed by atoms with Crippen molar-refractivity contribution in [1.82, 2.24) is 0 Å². The zero-order valence-electron chi connectivity index (χ0n) is 45.4. The summed E-state index contributed by atoms with van der Waals surface area (Å²) in [5.41, 5.74) is 0. The van der Waals surface area contributed by atoms with Gasteiger partial charge in [-0.3, -0.25) is 4.79 Å². The van der Waals surface area contributed by atoms with Crippen molar-refractivity contribution in [1.29, 1.82) is 0 Å². The molecule has 14 heteroatoms. The van der Waals surface area contributed by atoms with Crippen LogP contribution in [-0.4, -0.2) is 142 Å². The number of esters is 1. The number of ether oxygens (including phenoxy) is 6. The number of hydrogen-bond donors (Lipinski definition) is 7. The van der Waals surface area contributed by atoms with Gasteiger partial charge < -0.3 is 64.2 Å². The van der Waals surface area contributed by atoms with Crippen molar-refractivity contribution in [3.63, 3.8) is 0 Å². The van der Waals surface area contributed by atoms with Crippen LogP contribution >= 0.6 is 0 Å². The molecule has 2 aliphatic rings. The molecule has 424 valence electrons. The Kier molecular flexibility index (Phi) is 42.0. The van der Waals surface area contributed by atoms with E-state index in [9.17, 15) is 40.5 Å². The second kappa shape index (κ2) is 45.8. The number of allylic oxidation sites excluding steroid dienone is 10. The first kappa shape index (κ1) is 66.8. The van der Waals surface area contributed by atoms with Crippen LogP contribution in [0.1, 0.15) is 206 Å². The molecular weight excluding hydrogens is 933 g/mol. The Bertz CT molecular complexity index is 1440. The molecule has 2 heterocycles. The Morgan fingerprint density at radius 3 is 1.36 bits per heavy atom. The normalized spacial score (nSPS) is 25.4. The van der Waals surface area contributed by atoms with E-state index in [1.54, 1.807) is 0 Å². The molecule has 0 aromatic carbocycles. The fourth-order valence-corrected chi connectivity index (χ4v) is 8.79. The zero-order chi connectivity index (χ0) is 53.0. The summed E-state index contributed by atoms with van der Waals surface area (Å²) in [6, 6.07) is 0. The molecular formula is C59H104O14. The summed E-state index contributed by atoms with van der Waals surface area (Å²) < 4.78 is 34.3. The molecule has 0 saturated carbocycles. The van der Waals surface area contributed by atoms with Gasteiger partial charge in [0, 0.05) is 13.0 Å². The van der Waals surface area contributed by atoms with Crippen LogP contribution in [-0.2, 0) is 33.2 Å². The molecule has 0 radical (unpaired) electrons. The molecule has 2 rings (SSSR count). The summed E-state index contributed by atoms with van der Waals surface area (Å²) in [5.74, 6) is -0.393. The fourth-order valence-electron chi connectivity index (χ4n) is 8.79. The third-order valence-electron chi connectivity index (χ3n) is 13.5. The van der Waals surface area contributed by atoms with Crippen LogP contribution in [0.5, 0.6) is 0 Å². The lowest BCUT2D eigenvalue weighted by molar-refractivity contribution is -0.332. The Morgan fingerprint density at radius 1 is 0.452 bits per heavy atom. The smallest absolute Gasteiger partial charge is 0.306 e. The lowest BCUT2D eigenvalue weighted by Gasteiger charge is -2.42. The van der Waals surface area contributed by atoms with E-state index in [-0.39, 0.29) is 19.6 Å². The van der Waals surface area contributed by atoms with E-state index in [0.29, 0.717) is 13.0 Å². The quantitative estimate of drug-likeness (QED) is 0.0172. The maximum absolute atomic E-state index is 13.0. The number of aliphatic hydroxyl groups is 7. The third kappa shape index (κ3) is 32.8.